The number of likely N-dealkylation sites (N-methyl/N-ethyl adjacent to an activating group) is 1. The van der Waals surface area contributed by atoms with Gasteiger partial charge in [0, 0.05) is 12.7 Å². The predicted molar refractivity (Wildman–Crippen MR) is 112 cm³/mol. The van der Waals surface area contributed by atoms with Gasteiger partial charge in [0.25, 0.3) is 0 Å². The van der Waals surface area contributed by atoms with Crippen molar-refractivity contribution in [2.45, 2.75) is 25.8 Å². The molecule has 0 saturated heterocycles. The van der Waals surface area contributed by atoms with Crippen LogP contribution in [0.25, 0.3) is 0 Å². The van der Waals surface area contributed by atoms with E-state index in [1.807, 2.05) is 6.92 Å². The predicted octanol–water partition coefficient (Wildman–Crippen LogP) is 3.21. The average Bonchev–Trinajstić information content (AvgIpc) is 2.69. The van der Waals surface area contributed by atoms with Gasteiger partial charge in [-0.25, -0.2) is 13.2 Å². The highest BCUT2D eigenvalue weighted by molar-refractivity contribution is 7.88. The number of unbranched alkanes of at least 4 members (excludes halogenated alkanes) is 1. The van der Waals surface area contributed by atoms with Crippen LogP contribution in [-0.2, 0) is 19.6 Å². The van der Waals surface area contributed by atoms with Gasteiger partial charge in [-0.3, -0.25) is 4.79 Å². The molecule has 1 unspecified atom stereocenters. The highest BCUT2D eigenvalue weighted by Gasteiger charge is 2.30. The number of sulfonamides is 1. The summed E-state index contributed by atoms with van der Waals surface area (Å²) in [6, 6.07) is 13.9. The summed E-state index contributed by atoms with van der Waals surface area (Å²) in [5.41, 5.74) is 1.38. The van der Waals surface area contributed by atoms with Crippen molar-refractivity contribution in [3.8, 4) is 0 Å². The maximum Gasteiger partial charge on any atom is 0.338 e. The third-order valence-electron chi connectivity index (χ3n) is 4.37. The van der Waals surface area contributed by atoms with E-state index in [4.69, 9.17) is 4.74 Å². The zero-order valence-corrected chi connectivity index (χ0v) is 17.6. The van der Waals surface area contributed by atoms with E-state index in [1.54, 1.807) is 54.6 Å². The zero-order valence-electron chi connectivity index (χ0n) is 16.8. The first-order chi connectivity index (χ1) is 13.7. The van der Waals surface area contributed by atoms with Crippen molar-refractivity contribution in [3.05, 3.63) is 65.7 Å². The molecule has 0 fully saturated rings. The van der Waals surface area contributed by atoms with Crippen LogP contribution in [-0.4, -0.2) is 44.5 Å². The Bertz CT molecular complexity index is 927. The summed E-state index contributed by atoms with van der Waals surface area (Å²) >= 11 is 0. The van der Waals surface area contributed by atoms with Crippen LogP contribution >= 0.6 is 0 Å². The maximum absolute atomic E-state index is 12.9. The number of carbonyl (C=O) groups is 2. The fourth-order valence-electron chi connectivity index (χ4n) is 2.65. The van der Waals surface area contributed by atoms with Gasteiger partial charge in [-0.15, -0.1) is 0 Å². The minimum Gasteiger partial charge on any atom is -0.462 e. The number of anilines is 1. The van der Waals surface area contributed by atoms with Gasteiger partial charge in [0.15, 0.2) is 0 Å². The fourth-order valence-corrected chi connectivity index (χ4v) is 3.25. The van der Waals surface area contributed by atoms with Crippen molar-refractivity contribution in [3.63, 3.8) is 0 Å². The van der Waals surface area contributed by atoms with Gasteiger partial charge in [0.2, 0.25) is 15.9 Å². The van der Waals surface area contributed by atoms with Gasteiger partial charge in [0.1, 0.15) is 6.04 Å². The first-order valence-corrected chi connectivity index (χ1v) is 11.1. The molecule has 8 heteroatoms. The number of ether oxygens (including phenoxy) is 1. The number of nitrogens with zero attached hydrogens (tertiary/aromatic N) is 1. The molecule has 1 N–H and O–H groups in total. The Hall–Kier alpha value is -2.71. The summed E-state index contributed by atoms with van der Waals surface area (Å²) in [5.74, 6) is -0.919. The lowest BCUT2D eigenvalue weighted by molar-refractivity contribution is -0.119. The molecule has 0 saturated carbocycles. The topological polar surface area (TPSA) is 92.8 Å². The Labute approximate surface area is 171 Å². The second-order valence-electron chi connectivity index (χ2n) is 6.65. The van der Waals surface area contributed by atoms with Crippen molar-refractivity contribution in [1.82, 2.24) is 4.31 Å². The number of nitrogens with one attached hydrogen (secondary N) is 1. The van der Waals surface area contributed by atoms with Gasteiger partial charge in [-0.05, 0) is 36.2 Å². The van der Waals surface area contributed by atoms with E-state index in [9.17, 15) is 18.0 Å². The minimum absolute atomic E-state index is 0.365. The van der Waals surface area contributed by atoms with Crippen LogP contribution in [0.1, 0.15) is 41.7 Å². The van der Waals surface area contributed by atoms with Crippen molar-refractivity contribution >= 4 is 27.6 Å². The van der Waals surface area contributed by atoms with Crippen LogP contribution in [0.15, 0.2) is 54.6 Å². The van der Waals surface area contributed by atoms with Crippen LogP contribution < -0.4 is 5.32 Å². The molecular weight excluding hydrogens is 392 g/mol. The molecule has 0 aliphatic heterocycles. The van der Waals surface area contributed by atoms with Crippen LogP contribution in [0.2, 0.25) is 0 Å². The summed E-state index contributed by atoms with van der Waals surface area (Å²) in [7, 11) is -2.24. The van der Waals surface area contributed by atoms with Crippen LogP contribution in [0, 0.1) is 0 Å². The molecule has 0 heterocycles. The van der Waals surface area contributed by atoms with Gasteiger partial charge in [-0.1, -0.05) is 43.7 Å². The fraction of sp³-hybridized carbons (Fsp3) is 0.333. The van der Waals surface area contributed by atoms with E-state index in [0.29, 0.717) is 23.4 Å². The van der Waals surface area contributed by atoms with Crippen molar-refractivity contribution < 1.29 is 22.7 Å². The molecule has 29 heavy (non-hydrogen) atoms. The van der Waals surface area contributed by atoms with Crippen molar-refractivity contribution in [2.24, 2.45) is 0 Å². The molecule has 156 valence electrons. The molecule has 0 spiro atoms. The van der Waals surface area contributed by atoms with Crippen LogP contribution in [0.5, 0.6) is 0 Å². The monoisotopic (exact) mass is 418 g/mol. The zero-order chi connectivity index (χ0) is 21.4. The van der Waals surface area contributed by atoms with E-state index in [0.717, 1.165) is 23.4 Å². The third-order valence-corrected chi connectivity index (χ3v) is 5.63. The Morgan fingerprint density at radius 1 is 1.07 bits per heavy atom. The van der Waals surface area contributed by atoms with Gasteiger partial charge in [-0.2, -0.15) is 4.31 Å². The Balaban J connectivity index is 2.16. The number of rotatable bonds is 9. The van der Waals surface area contributed by atoms with E-state index >= 15 is 0 Å². The second kappa shape index (κ2) is 10.2. The van der Waals surface area contributed by atoms with E-state index < -0.39 is 27.9 Å². The molecule has 0 bridgehead atoms. The van der Waals surface area contributed by atoms with Crippen LogP contribution in [0.3, 0.4) is 0 Å². The summed E-state index contributed by atoms with van der Waals surface area (Å²) < 4.78 is 30.2. The lowest BCUT2D eigenvalue weighted by Gasteiger charge is -2.25. The van der Waals surface area contributed by atoms with Gasteiger partial charge < -0.3 is 10.1 Å². The summed E-state index contributed by atoms with van der Waals surface area (Å²) in [6.07, 6.45) is 2.78. The number of esters is 1. The lowest BCUT2D eigenvalue weighted by Crippen LogP contribution is -2.38. The van der Waals surface area contributed by atoms with Gasteiger partial charge >= 0.3 is 5.97 Å². The number of benzene rings is 2. The molecular formula is C21H26N2O5S. The number of amides is 1. The number of hydrogen-bond donors (Lipinski definition) is 1. The smallest absolute Gasteiger partial charge is 0.338 e. The Morgan fingerprint density at radius 2 is 1.69 bits per heavy atom. The summed E-state index contributed by atoms with van der Waals surface area (Å²) in [4.78, 5) is 24.8. The molecule has 0 aliphatic rings. The highest BCUT2D eigenvalue weighted by Crippen LogP contribution is 2.24. The molecule has 2 aromatic rings. The number of carbonyl (C=O) groups excluding carboxylic acids is 2. The quantitative estimate of drug-likeness (QED) is 0.499. The largest absolute Gasteiger partial charge is 0.462 e. The van der Waals surface area contributed by atoms with E-state index in [-0.39, 0.29) is 0 Å². The molecule has 2 rings (SSSR count). The summed E-state index contributed by atoms with van der Waals surface area (Å²) in [6.45, 7) is 2.37. The molecule has 1 amide bonds. The average molecular weight is 419 g/mol. The van der Waals surface area contributed by atoms with Crippen LogP contribution in [0.4, 0.5) is 5.69 Å². The molecule has 0 radical (unpaired) electrons. The third kappa shape index (κ3) is 6.40. The molecule has 2 aromatic carbocycles. The van der Waals surface area contributed by atoms with Gasteiger partial charge in [0.05, 0.1) is 18.4 Å². The highest BCUT2D eigenvalue weighted by atomic mass is 32.2. The normalized spacial score (nSPS) is 12.4. The molecule has 1 atom stereocenters. The molecule has 7 nitrogen and oxygen atoms in total. The first-order valence-electron chi connectivity index (χ1n) is 9.30. The standard InChI is InChI=1S/C21H26N2O5S/c1-4-5-15-28-21(25)17-11-13-18(14-12-17)22-20(24)19(23(2)29(3,26)27)16-9-7-6-8-10-16/h6-14,19H,4-5,15H2,1-3H3,(H,22,24). The summed E-state index contributed by atoms with van der Waals surface area (Å²) in [5, 5.41) is 2.71. The lowest BCUT2D eigenvalue weighted by atomic mass is 10.1. The first kappa shape index (κ1) is 22.6. The molecule has 0 aromatic heterocycles. The number of hydrogen-bond acceptors (Lipinski definition) is 5. The van der Waals surface area contributed by atoms with Crippen molar-refractivity contribution in [2.75, 3.05) is 25.2 Å². The van der Waals surface area contributed by atoms with E-state index in [1.165, 1.54) is 7.05 Å². The second-order valence-corrected chi connectivity index (χ2v) is 8.69. The minimum atomic E-state index is -3.61. The van der Waals surface area contributed by atoms with Crippen molar-refractivity contribution in [1.29, 1.82) is 0 Å². The Morgan fingerprint density at radius 3 is 2.24 bits per heavy atom. The SMILES string of the molecule is CCCCOC(=O)c1ccc(NC(=O)C(c2ccccc2)N(C)S(C)(=O)=O)cc1. The van der Waals surface area contributed by atoms with E-state index in [2.05, 4.69) is 5.32 Å². The molecule has 0 aliphatic carbocycles. The maximum atomic E-state index is 12.9. The Kier molecular flexibility index (Phi) is 7.92.